The van der Waals surface area contributed by atoms with E-state index in [2.05, 4.69) is 18.8 Å². The second kappa shape index (κ2) is 6.23. The Morgan fingerprint density at radius 2 is 2.27 bits per heavy atom. The zero-order chi connectivity index (χ0) is 11.1. The van der Waals surface area contributed by atoms with Gasteiger partial charge in [-0.3, -0.25) is 0 Å². The molecular weight excluding hydrogens is 204 g/mol. The molecule has 0 radical (unpaired) electrons. The van der Waals surface area contributed by atoms with E-state index in [9.17, 15) is 0 Å². The number of rotatable bonds is 7. The van der Waals surface area contributed by atoms with Gasteiger partial charge in [0.1, 0.15) is 0 Å². The Hall–Kier alpha value is -0.410. The van der Waals surface area contributed by atoms with E-state index in [1.54, 1.807) is 11.3 Å². The van der Waals surface area contributed by atoms with Gasteiger partial charge in [-0.25, -0.2) is 4.98 Å². The molecule has 1 aromatic heterocycles. The smallest absolute Gasteiger partial charge is 0.0930 e. The first kappa shape index (κ1) is 12.7. The van der Waals surface area contributed by atoms with Crippen LogP contribution in [0.2, 0.25) is 0 Å². The summed E-state index contributed by atoms with van der Waals surface area (Å²) < 4.78 is 0. The van der Waals surface area contributed by atoms with E-state index in [0.29, 0.717) is 0 Å². The van der Waals surface area contributed by atoms with E-state index in [0.717, 1.165) is 19.4 Å². The van der Waals surface area contributed by atoms with E-state index in [4.69, 9.17) is 5.73 Å². The molecule has 0 spiro atoms. The molecule has 0 fully saturated rings. The lowest BCUT2D eigenvalue weighted by molar-refractivity contribution is 0.251. The van der Waals surface area contributed by atoms with Crippen molar-refractivity contribution >= 4 is 11.3 Å². The zero-order valence-electron chi connectivity index (χ0n) is 9.83. The minimum atomic E-state index is 0.286. The van der Waals surface area contributed by atoms with Crippen molar-refractivity contribution in [3.05, 3.63) is 16.6 Å². The van der Waals surface area contributed by atoms with Crippen LogP contribution in [0.4, 0.5) is 0 Å². The summed E-state index contributed by atoms with van der Waals surface area (Å²) in [6.07, 6.45) is 7.85. The first-order valence-corrected chi connectivity index (χ1v) is 6.72. The second-order valence-electron chi connectivity index (χ2n) is 4.26. The Morgan fingerprint density at radius 1 is 1.47 bits per heavy atom. The Balaban J connectivity index is 2.63. The molecule has 3 heteroatoms. The molecule has 0 bridgehead atoms. The monoisotopic (exact) mass is 226 g/mol. The third kappa shape index (κ3) is 3.58. The van der Waals surface area contributed by atoms with E-state index >= 15 is 0 Å². The number of hydrogen-bond acceptors (Lipinski definition) is 3. The highest BCUT2D eigenvalue weighted by Gasteiger charge is 2.27. The molecule has 86 valence electrons. The first-order chi connectivity index (χ1) is 7.26. The molecule has 1 rings (SSSR count). The van der Waals surface area contributed by atoms with Crippen molar-refractivity contribution in [2.75, 3.05) is 6.54 Å². The van der Waals surface area contributed by atoms with Gasteiger partial charge in [0.15, 0.2) is 0 Å². The maximum Gasteiger partial charge on any atom is 0.0930 e. The van der Waals surface area contributed by atoms with Crippen molar-refractivity contribution in [2.45, 2.75) is 46.0 Å². The zero-order valence-corrected chi connectivity index (χ0v) is 10.6. The van der Waals surface area contributed by atoms with Gasteiger partial charge in [-0.05, 0) is 24.8 Å². The quantitative estimate of drug-likeness (QED) is 0.775. The second-order valence-corrected chi connectivity index (χ2v) is 5.24. The maximum absolute atomic E-state index is 5.95. The molecule has 1 aromatic rings. The summed E-state index contributed by atoms with van der Waals surface area (Å²) in [6, 6.07) is 0. The summed E-state index contributed by atoms with van der Waals surface area (Å²) in [5, 5.41) is 3.28. The maximum atomic E-state index is 5.95. The molecule has 0 saturated carbocycles. The van der Waals surface area contributed by atoms with Crippen LogP contribution in [-0.2, 0) is 6.42 Å². The number of unbranched alkanes of at least 4 members (excludes halogenated alkanes) is 1. The predicted molar refractivity (Wildman–Crippen MR) is 67.1 cm³/mol. The molecule has 1 heterocycles. The van der Waals surface area contributed by atoms with Crippen LogP contribution in [0.1, 0.15) is 44.5 Å². The average Bonchev–Trinajstić information content (AvgIpc) is 2.77. The number of thiazole rings is 1. The van der Waals surface area contributed by atoms with Crippen molar-refractivity contribution < 1.29 is 0 Å². The van der Waals surface area contributed by atoms with Crippen molar-refractivity contribution in [1.29, 1.82) is 0 Å². The standard InChI is InChI=1S/C12H22N2S/c1-3-5-6-12(4-2,10-13)9-11-14-7-8-15-11/h7-8H,3-6,9-10,13H2,1-2H3. The van der Waals surface area contributed by atoms with E-state index in [1.165, 1.54) is 24.3 Å². The number of hydrogen-bond donors (Lipinski definition) is 1. The summed E-state index contributed by atoms with van der Waals surface area (Å²) in [7, 11) is 0. The van der Waals surface area contributed by atoms with Gasteiger partial charge >= 0.3 is 0 Å². The molecule has 15 heavy (non-hydrogen) atoms. The van der Waals surface area contributed by atoms with E-state index in [1.807, 2.05) is 11.6 Å². The molecule has 0 saturated heterocycles. The van der Waals surface area contributed by atoms with E-state index in [-0.39, 0.29) is 5.41 Å². The lowest BCUT2D eigenvalue weighted by Crippen LogP contribution is -2.32. The largest absolute Gasteiger partial charge is 0.330 e. The fourth-order valence-electron chi connectivity index (χ4n) is 1.92. The summed E-state index contributed by atoms with van der Waals surface area (Å²) in [5.41, 5.74) is 6.24. The minimum Gasteiger partial charge on any atom is -0.330 e. The van der Waals surface area contributed by atoms with Crippen LogP contribution in [0.3, 0.4) is 0 Å². The number of nitrogens with two attached hydrogens (primary N) is 1. The van der Waals surface area contributed by atoms with Crippen LogP contribution >= 0.6 is 11.3 Å². The lowest BCUT2D eigenvalue weighted by atomic mass is 9.77. The molecular formula is C12H22N2S. The molecule has 0 aliphatic heterocycles. The van der Waals surface area contributed by atoms with Gasteiger partial charge in [0.2, 0.25) is 0 Å². The molecule has 1 unspecified atom stereocenters. The highest BCUT2D eigenvalue weighted by atomic mass is 32.1. The van der Waals surface area contributed by atoms with Gasteiger partial charge in [0.25, 0.3) is 0 Å². The molecule has 1 atom stereocenters. The average molecular weight is 226 g/mol. The van der Waals surface area contributed by atoms with Crippen LogP contribution in [-0.4, -0.2) is 11.5 Å². The SMILES string of the molecule is CCCCC(CC)(CN)Cc1nccs1. The number of aromatic nitrogens is 1. The minimum absolute atomic E-state index is 0.286. The molecule has 0 aliphatic carbocycles. The van der Waals surface area contributed by atoms with E-state index < -0.39 is 0 Å². The van der Waals surface area contributed by atoms with Gasteiger partial charge in [-0.1, -0.05) is 26.7 Å². The lowest BCUT2D eigenvalue weighted by Gasteiger charge is -2.30. The molecule has 0 aromatic carbocycles. The Morgan fingerprint density at radius 3 is 2.73 bits per heavy atom. The van der Waals surface area contributed by atoms with Gasteiger partial charge in [0, 0.05) is 18.0 Å². The third-order valence-electron chi connectivity index (χ3n) is 3.25. The van der Waals surface area contributed by atoms with Crippen LogP contribution in [0.15, 0.2) is 11.6 Å². The van der Waals surface area contributed by atoms with Gasteiger partial charge in [-0.15, -0.1) is 11.3 Å². The van der Waals surface area contributed by atoms with Gasteiger partial charge in [0.05, 0.1) is 5.01 Å². The molecule has 2 N–H and O–H groups in total. The van der Waals surface area contributed by atoms with Crippen LogP contribution < -0.4 is 5.73 Å². The molecule has 2 nitrogen and oxygen atoms in total. The molecule has 0 amide bonds. The van der Waals surface area contributed by atoms with Gasteiger partial charge in [-0.2, -0.15) is 0 Å². The first-order valence-electron chi connectivity index (χ1n) is 5.85. The topological polar surface area (TPSA) is 38.9 Å². The van der Waals surface area contributed by atoms with Crippen LogP contribution in [0, 0.1) is 5.41 Å². The van der Waals surface area contributed by atoms with Crippen LogP contribution in [0.5, 0.6) is 0 Å². The van der Waals surface area contributed by atoms with Crippen molar-refractivity contribution in [3.8, 4) is 0 Å². The summed E-state index contributed by atoms with van der Waals surface area (Å²) in [4.78, 5) is 4.37. The highest BCUT2D eigenvalue weighted by Crippen LogP contribution is 2.32. The Labute approximate surface area is 96.9 Å². The van der Waals surface area contributed by atoms with Crippen molar-refractivity contribution in [1.82, 2.24) is 4.98 Å². The Bertz CT molecular complexity index is 253. The fraction of sp³-hybridized carbons (Fsp3) is 0.750. The third-order valence-corrected chi connectivity index (χ3v) is 4.03. The highest BCUT2D eigenvalue weighted by molar-refractivity contribution is 7.09. The fourth-order valence-corrected chi connectivity index (χ4v) is 2.71. The normalized spacial score (nSPS) is 15.1. The summed E-state index contributed by atoms with van der Waals surface area (Å²) in [6.45, 7) is 5.26. The summed E-state index contributed by atoms with van der Waals surface area (Å²) in [5.74, 6) is 0. The van der Waals surface area contributed by atoms with Crippen molar-refractivity contribution in [3.63, 3.8) is 0 Å². The molecule has 0 aliphatic rings. The van der Waals surface area contributed by atoms with Gasteiger partial charge < -0.3 is 5.73 Å². The Kier molecular flexibility index (Phi) is 5.26. The summed E-state index contributed by atoms with van der Waals surface area (Å²) >= 11 is 1.75. The predicted octanol–water partition coefficient (Wildman–Crippen LogP) is 3.23. The van der Waals surface area contributed by atoms with Crippen molar-refractivity contribution in [2.24, 2.45) is 11.1 Å². The van der Waals surface area contributed by atoms with Crippen LogP contribution in [0.25, 0.3) is 0 Å². The number of nitrogens with zero attached hydrogens (tertiary/aromatic N) is 1.